The largest absolute Gasteiger partial charge is 0.375 e. The molecule has 3 aliphatic rings. The summed E-state index contributed by atoms with van der Waals surface area (Å²) in [5.74, 6) is -1.44. The van der Waals surface area contributed by atoms with Gasteiger partial charge >= 0.3 is 0 Å². The van der Waals surface area contributed by atoms with Crippen molar-refractivity contribution in [2.24, 2.45) is 5.92 Å². The van der Waals surface area contributed by atoms with Crippen molar-refractivity contribution < 1.29 is 29.1 Å². The summed E-state index contributed by atoms with van der Waals surface area (Å²) in [6.45, 7) is 7.14. The first kappa shape index (κ1) is 18.6. The average Bonchev–Trinajstić information content (AvgIpc) is 2.85. The molecule has 0 radical (unpaired) electrons. The van der Waals surface area contributed by atoms with E-state index >= 15 is 0 Å². The molecule has 1 aromatic rings. The molecule has 1 aromatic carbocycles. The van der Waals surface area contributed by atoms with Gasteiger partial charge in [0, 0.05) is 12.0 Å². The van der Waals surface area contributed by atoms with E-state index < -0.39 is 23.0 Å². The number of carbonyl (C=O) groups is 2. The normalized spacial score (nSPS) is 31.2. The number of fused-ring (bicyclic) bond motifs is 1. The molecule has 1 amide bonds. The summed E-state index contributed by atoms with van der Waals surface area (Å²) in [6, 6.07) is 7.22. The number of nitrogens with one attached hydrogen (secondary N) is 1. The Balaban J connectivity index is 1.67. The van der Waals surface area contributed by atoms with Gasteiger partial charge in [-0.15, -0.1) is 0 Å². The number of carbonyl (C=O) groups excluding carboxylic acids is 2. The average molecular weight is 375 g/mol. The van der Waals surface area contributed by atoms with Crippen molar-refractivity contribution in [2.75, 3.05) is 44.5 Å². The number of morpholine rings is 1. The van der Waals surface area contributed by atoms with Gasteiger partial charge in [0.2, 0.25) is 0 Å². The Morgan fingerprint density at radius 1 is 1.22 bits per heavy atom. The molecule has 3 heterocycles. The van der Waals surface area contributed by atoms with Crippen LogP contribution in [0.2, 0.25) is 0 Å². The number of benzene rings is 1. The van der Waals surface area contributed by atoms with Crippen LogP contribution >= 0.6 is 0 Å². The Morgan fingerprint density at radius 2 is 1.93 bits per heavy atom. The summed E-state index contributed by atoms with van der Waals surface area (Å²) in [6.07, 6.45) is 0.185. The van der Waals surface area contributed by atoms with Crippen LogP contribution in [-0.2, 0) is 24.7 Å². The van der Waals surface area contributed by atoms with Gasteiger partial charge in [-0.2, -0.15) is 0 Å². The van der Waals surface area contributed by atoms with Gasteiger partial charge in [0.25, 0.3) is 5.91 Å². The number of quaternary nitrogens is 1. The second kappa shape index (κ2) is 6.67. The minimum atomic E-state index is -1.87. The van der Waals surface area contributed by atoms with Gasteiger partial charge in [0.05, 0.1) is 37.0 Å². The minimum absolute atomic E-state index is 0.0423. The van der Waals surface area contributed by atoms with Gasteiger partial charge in [-0.25, -0.2) is 0 Å². The highest BCUT2D eigenvalue weighted by atomic mass is 16.5. The van der Waals surface area contributed by atoms with Crippen LogP contribution in [0, 0.1) is 5.92 Å². The van der Waals surface area contributed by atoms with E-state index in [-0.39, 0.29) is 18.8 Å². The third-order valence-electron chi connectivity index (χ3n) is 5.89. The van der Waals surface area contributed by atoms with Gasteiger partial charge in [0.1, 0.15) is 18.9 Å². The highest BCUT2D eigenvalue weighted by Crippen LogP contribution is 2.46. The van der Waals surface area contributed by atoms with Gasteiger partial charge in [-0.3, -0.25) is 14.5 Å². The molecule has 2 atom stereocenters. The molecule has 2 saturated heterocycles. The van der Waals surface area contributed by atoms with E-state index in [1.165, 1.54) is 4.90 Å². The van der Waals surface area contributed by atoms with E-state index in [4.69, 9.17) is 9.47 Å². The predicted molar refractivity (Wildman–Crippen MR) is 97.4 cm³/mol. The molecule has 0 spiro atoms. The number of amides is 1. The number of rotatable bonds is 3. The van der Waals surface area contributed by atoms with Gasteiger partial charge in [0.15, 0.2) is 12.3 Å². The van der Waals surface area contributed by atoms with E-state index in [1.54, 1.807) is 17.0 Å². The van der Waals surface area contributed by atoms with Crippen molar-refractivity contribution >= 4 is 17.4 Å². The molecule has 7 heteroatoms. The fourth-order valence-electron chi connectivity index (χ4n) is 4.35. The molecule has 0 aliphatic carbocycles. The highest BCUT2D eigenvalue weighted by Gasteiger charge is 2.59. The Kier molecular flexibility index (Phi) is 4.58. The molecule has 0 aromatic heterocycles. The number of ketones is 1. The molecular formula is C20H27N2O5+. The molecule has 0 unspecified atom stereocenters. The number of nitrogens with zero attached hydrogens (tertiary/aromatic N) is 1. The molecule has 146 valence electrons. The Labute approximate surface area is 158 Å². The molecule has 7 nitrogen and oxygen atoms in total. The van der Waals surface area contributed by atoms with Crippen molar-refractivity contribution in [3.05, 3.63) is 29.8 Å². The lowest BCUT2D eigenvalue weighted by Crippen LogP contribution is -3.15. The molecular weight excluding hydrogens is 348 g/mol. The number of hydrogen-bond donors (Lipinski definition) is 2. The van der Waals surface area contributed by atoms with E-state index in [0.29, 0.717) is 31.1 Å². The summed E-state index contributed by atoms with van der Waals surface area (Å²) in [5.41, 5.74) is -1.25. The first-order valence-electron chi connectivity index (χ1n) is 9.55. The molecule has 2 fully saturated rings. The first-order chi connectivity index (χ1) is 12.8. The fourth-order valence-corrected chi connectivity index (χ4v) is 4.35. The zero-order valence-electron chi connectivity index (χ0n) is 15.9. The van der Waals surface area contributed by atoms with Crippen LogP contribution in [0.1, 0.15) is 25.8 Å². The molecule has 4 rings (SSSR count). The van der Waals surface area contributed by atoms with Crippen LogP contribution in [0.15, 0.2) is 24.3 Å². The maximum Gasteiger partial charge on any atom is 0.268 e. The highest BCUT2D eigenvalue weighted by molar-refractivity contribution is 6.09. The van der Waals surface area contributed by atoms with Crippen molar-refractivity contribution in [3.63, 3.8) is 0 Å². The predicted octanol–water partition coefficient (Wildman–Crippen LogP) is -0.522. The minimum Gasteiger partial charge on any atom is -0.375 e. The van der Waals surface area contributed by atoms with E-state index in [1.807, 2.05) is 26.0 Å². The van der Waals surface area contributed by atoms with E-state index in [2.05, 4.69) is 0 Å². The van der Waals surface area contributed by atoms with Crippen molar-refractivity contribution in [1.82, 2.24) is 0 Å². The Bertz CT molecular complexity index is 758. The molecule has 3 aliphatic heterocycles. The number of aliphatic hydroxyl groups is 1. The molecule has 2 N–H and O–H groups in total. The van der Waals surface area contributed by atoms with Crippen LogP contribution in [0.25, 0.3) is 0 Å². The summed E-state index contributed by atoms with van der Waals surface area (Å²) < 4.78 is 11.2. The van der Waals surface area contributed by atoms with Gasteiger partial charge < -0.3 is 19.5 Å². The lowest BCUT2D eigenvalue weighted by Gasteiger charge is -2.39. The number of anilines is 1. The number of Topliss-reactive ketones (excluding diaryl/α,β-unsaturated/α-hetero) is 1. The zero-order chi connectivity index (χ0) is 19.2. The van der Waals surface area contributed by atoms with Gasteiger partial charge in [-0.05, 0) is 19.9 Å². The maximum absolute atomic E-state index is 13.4. The summed E-state index contributed by atoms with van der Waals surface area (Å²) in [7, 11) is 0. The second-order valence-electron chi connectivity index (χ2n) is 8.30. The monoisotopic (exact) mass is 375 g/mol. The topological polar surface area (TPSA) is 80.5 Å². The quantitative estimate of drug-likeness (QED) is 0.743. The van der Waals surface area contributed by atoms with Crippen molar-refractivity contribution in [1.29, 1.82) is 0 Å². The zero-order valence-corrected chi connectivity index (χ0v) is 15.9. The first-order valence-corrected chi connectivity index (χ1v) is 9.55. The third kappa shape index (κ3) is 3.08. The fraction of sp³-hybridized carbons (Fsp3) is 0.600. The Hall–Kier alpha value is -1.80. The lowest BCUT2D eigenvalue weighted by molar-refractivity contribution is -0.906. The maximum atomic E-state index is 13.4. The van der Waals surface area contributed by atoms with Crippen LogP contribution in [-0.4, -0.2) is 62.0 Å². The van der Waals surface area contributed by atoms with Crippen LogP contribution in [0.3, 0.4) is 0 Å². The van der Waals surface area contributed by atoms with E-state index in [0.717, 1.165) is 13.1 Å². The second-order valence-corrected chi connectivity index (χ2v) is 8.30. The molecule has 0 bridgehead atoms. The third-order valence-corrected chi connectivity index (χ3v) is 5.89. The summed E-state index contributed by atoms with van der Waals surface area (Å²) in [5, 5.41) is 11.6. The van der Waals surface area contributed by atoms with Crippen molar-refractivity contribution in [2.45, 2.75) is 31.5 Å². The number of para-hydroxylation sites is 1. The van der Waals surface area contributed by atoms with Crippen LogP contribution < -0.4 is 9.80 Å². The molecule has 27 heavy (non-hydrogen) atoms. The standard InChI is InChI=1S/C20H26N2O5/c1-19(2)11-17(23)15(12-27-19)20(25)14-5-3-4-6-16(14)22(18(20)24)13-21-7-9-26-10-8-21/h3-6,15,25H,7-13H2,1-2H3/p+1/t15-,20+/m1/s1. The SMILES string of the molecule is CC1(C)CC(=O)[C@H]([C@]2(O)C(=O)N(C[NH+]3CCOCC3)c3ccccc32)CO1. The number of ether oxygens (including phenoxy) is 2. The van der Waals surface area contributed by atoms with Crippen molar-refractivity contribution in [3.8, 4) is 0 Å². The summed E-state index contributed by atoms with van der Waals surface area (Å²) >= 11 is 0. The Morgan fingerprint density at radius 3 is 2.63 bits per heavy atom. The van der Waals surface area contributed by atoms with Crippen LogP contribution in [0.4, 0.5) is 5.69 Å². The number of hydrogen-bond acceptors (Lipinski definition) is 5. The van der Waals surface area contributed by atoms with Crippen LogP contribution in [0.5, 0.6) is 0 Å². The summed E-state index contributed by atoms with van der Waals surface area (Å²) in [4.78, 5) is 29.1. The van der Waals surface area contributed by atoms with Gasteiger partial charge in [-0.1, -0.05) is 18.2 Å². The lowest BCUT2D eigenvalue weighted by atomic mass is 9.76. The van der Waals surface area contributed by atoms with E-state index in [9.17, 15) is 14.7 Å². The molecule has 0 saturated carbocycles. The smallest absolute Gasteiger partial charge is 0.268 e.